The predicted molar refractivity (Wildman–Crippen MR) is 52.1 cm³/mol. The fraction of sp³-hybridized carbons (Fsp3) is 0.200. The Labute approximate surface area is 80.8 Å². The van der Waals surface area contributed by atoms with E-state index in [4.69, 9.17) is 5.11 Å². The molecule has 2 rings (SSSR count). The molecule has 0 unspecified atom stereocenters. The topological polar surface area (TPSA) is 55.1 Å². The second-order valence-corrected chi connectivity index (χ2v) is 3.18. The third-order valence-electron chi connectivity index (χ3n) is 2.22. The van der Waals surface area contributed by atoms with Crippen molar-refractivity contribution >= 4 is 17.0 Å². The summed E-state index contributed by atoms with van der Waals surface area (Å²) in [6.07, 6.45) is 1.74. The van der Waals surface area contributed by atoms with Crippen molar-refractivity contribution in [1.82, 2.24) is 9.55 Å². The van der Waals surface area contributed by atoms with Gasteiger partial charge in [0.1, 0.15) is 5.65 Å². The summed E-state index contributed by atoms with van der Waals surface area (Å²) in [6.45, 7) is 0. The van der Waals surface area contributed by atoms with Crippen LogP contribution in [0.25, 0.3) is 11.0 Å². The molecule has 4 heteroatoms. The van der Waals surface area contributed by atoms with Crippen LogP contribution < -0.4 is 0 Å². The Morgan fingerprint density at radius 2 is 2.43 bits per heavy atom. The fourth-order valence-corrected chi connectivity index (χ4v) is 1.54. The molecule has 0 amide bonds. The zero-order valence-electron chi connectivity index (χ0n) is 7.77. The van der Waals surface area contributed by atoms with Gasteiger partial charge in [0.15, 0.2) is 0 Å². The number of hydrogen-bond donors (Lipinski definition) is 1. The summed E-state index contributed by atoms with van der Waals surface area (Å²) in [5.74, 6) is -0.823. The predicted octanol–water partition coefficient (Wildman–Crippen LogP) is 1.20. The molecule has 14 heavy (non-hydrogen) atoms. The van der Waals surface area contributed by atoms with E-state index < -0.39 is 5.97 Å². The van der Waals surface area contributed by atoms with Crippen LogP contribution >= 0.6 is 0 Å². The Bertz CT molecular complexity index is 488. The number of aromatic nitrogens is 2. The van der Waals surface area contributed by atoms with Gasteiger partial charge in [0, 0.05) is 24.3 Å². The fourth-order valence-electron chi connectivity index (χ4n) is 1.54. The highest BCUT2D eigenvalue weighted by atomic mass is 16.4. The van der Waals surface area contributed by atoms with Crippen molar-refractivity contribution in [2.45, 2.75) is 6.42 Å². The molecule has 0 aliphatic carbocycles. The third kappa shape index (κ3) is 1.35. The van der Waals surface area contributed by atoms with Gasteiger partial charge in [-0.3, -0.25) is 4.79 Å². The van der Waals surface area contributed by atoms with Crippen molar-refractivity contribution in [2.75, 3.05) is 0 Å². The van der Waals surface area contributed by atoms with Gasteiger partial charge in [-0.1, -0.05) is 0 Å². The standard InChI is InChI=1S/C10H10N2O2/c1-12-8(6-9(13)14)5-7-3-2-4-11-10(7)12/h2-5H,6H2,1H3,(H,13,14). The van der Waals surface area contributed by atoms with E-state index in [1.807, 2.05) is 29.8 Å². The summed E-state index contributed by atoms with van der Waals surface area (Å²) in [4.78, 5) is 14.7. The summed E-state index contributed by atoms with van der Waals surface area (Å²) in [7, 11) is 1.83. The number of aryl methyl sites for hydroxylation is 1. The Morgan fingerprint density at radius 1 is 1.64 bits per heavy atom. The molecule has 2 aromatic rings. The van der Waals surface area contributed by atoms with Crippen LogP contribution in [-0.4, -0.2) is 20.6 Å². The van der Waals surface area contributed by atoms with Crippen molar-refractivity contribution in [3.05, 3.63) is 30.1 Å². The van der Waals surface area contributed by atoms with E-state index in [9.17, 15) is 4.79 Å². The lowest BCUT2D eigenvalue weighted by molar-refractivity contribution is -0.136. The number of rotatable bonds is 2. The van der Waals surface area contributed by atoms with Crippen LogP contribution in [0.1, 0.15) is 5.69 Å². The lowest BCUT2D eigenvalue weighted by Gasteiger charge is -1.99. The Hall–Kier alpha value is -1.84. The van der Waals surface area contributed by atoms with E-state index in [1.165, 1.54) is 0 Å². The highest BCUT2D eigenvalue weighted by Crippen LogP contribution is 2.16. The highest BCUT2D eigenvalue weighted by Gasteiger charge is 2.08. The molecule has 0 aromatic carbocycles. The highest BCUT2D eigenvalue weighted by molar-refractivity contribution is 5.79. The largest absolute Gasteiger partial charge is 0.481 e. The van der Waals surface area contributed by atoms with Crippen molar-refractivity contribution < 1.29 is 9.90 Å². The number of aliphatic carboxylic acids is 1. The first-order valence-electron chi connectivity index (χ1n) is 4.29. The molecule has 0 spiro atoms. The van der Waals surface area contributed by atoms with Crippen molar-refractivity contribution in [3.8, 4) is 0 Å². The molecule has 0 aliphatic rings. The lowest BCUT2D eigenvalue weighted by Crippen LogP contribution is -2.05. The van der Waals surface area contributed by atoms with E-state index in [-0.39, 0.29) is 6.42 Å². The van der Waals surface area contributed by atoms with Crippen LogP contribution in [0.4, 0.5) is 0 Å². The molecule has 2 aromatic heterocycles. The minimum Gasteiger partial charge on any atom is -0.481 e. The second kappa shape index (κ2) is 3.14. The van der Waals surface area contributed by atoms with E-state index in [1.54, 1.807) is 6.20 Å². The van der Waals surface area contributed by atoms with Crippen LogP contribution in [0.5, 0.6) is 0 Å². The van der Waals surface area contributed by atoms with Gasteiger partial charge in [-0.2, -0.15) is 0 Å². The summed E-state index contributed by atoms with van der Waals surface area (Å²) in [5, 5.41) is 9.66. The van der Waals surface area contributed by atoms with Crippen molar-refractivity contribution in [1.29, 1.82) is 0 Å². The van der Waals surface area contributed by atoms with E-state index in [2.05, 4.69) is 4.98 Å². The van der Waals surface area contributed by atoms with Gasteiger partial charge in [0.05, 0.1) is 6.42 Å². The average Bonchev–Trinajstić information content (AvgIpc) is 2.44. The lowest BCUT2D eigenvalue weighted by atomic mass is 10.3. The molecule has 0 saturated carbocycles. The third-order valence-corrected chi connectivity index (χ3v) is 2.22. The van der Waals surface area contributed by atoms with Crippen LogP contribution in [-0.2, 0) is 18.3 Å². The summed E-state index contributed by atoms with van der Waals surface area (Å²) < 4.78 is 1.81. The number of carboxylic acids is 1. The number of carboxylic acid groups (broad SMARTS) is 1. The van der Waals surface area contributed by atoms with Gasteiger partial charge in [-0.25, -0.2) is 4.98 Å². The molecule has 1 N–H and O–H groups in total. The number of pyridine rings is 1. The van der Waals surface area contributed by atoms with Gasteiger partial charge < -0.3 is 9.67 Å². The molecule has 4 nitrogen and oxygen atoms in total. The Kier molecular flexibility index (Phi) is 1.96. The first-order valence-corrected chi connectivity index (χ1v) is 4.29. The van der Waals surface area contributed by atoms with Crippen LogP contribution in [0, 0.1) is 0 Å². The Balaban J connectivity index is 2.57. The number of fused-ring (bicyclic) bond motifs is 1. The number of hydrogen-bond acceptors (Lipinski definition) is 2. The molecule has 0 radical (unpaired) electrons. The molecule has 0 saturated heterocycles. The molecule has 0 aliphatic heterocycles. The maximum Gasteiger partial charge on any atom is 0.309 e. The van der Waals surface area contributed by atoms with E-state index in [0.717, 1.165) is 16.7 Å². The minimum atomic E-state index is -0.823. The molecule has 0 atom stereocenters. The zero-order valence-corrected chi connectivity index (χ0v) is 7.77. The normalized spacial score (nSPS) is 10.6. The van der Waals surface area contributed by atoms with Crippen molar-refractivity contribution in [2.24, 2.45) is 7.05 Å². The SMILES string of the molecule is Cn1c(CC(=O)O)cc2cccnc21. The summed E-state index contributed by atoms with van der Waals surface area (Å²) >= 11 is 0. The molecule has 72 valence electrons. The quantitative estimate of drug-likeness (QED) is 0.774. The zero-order chi connectivity index (χ0) is 10.1. The molecular weight excluding hydrogens is 180 g/mol. The van der Waals surface area contributed by atoms with E-state index >= 15 is 0 Å². The smallest absolute Gasteiger partial charge is 0.309 e. The second-order valence-electron chi connectivity index (χ2n) is 3.18. The monoisotopic (exact) mass is 190 g/mol. The van der Waals surface area contributed by atoms with Gasteiger partial charge in [0.2, 0.25) is 0 Å². The maximum atomic E-state index is 10.6. The van der Waals surface area contributed by atoms with Crippen LogP contribution in [0.3, 0.4) is 0 Å². The van der Waals surface area contributed by atoms with E-state index in [0.29, 0.717) is 0 Å². The molecular formula is C10H10N2O2. The first kappa shape index (κ1) is 8.74. The maximum absolute atomic E-state index is 10.6. The van der Waals surface area contributed by atoms with Crippen LogP contribution in [0.15, 0.2) is 24.4 Å². The molecule has 2 heterocycles. The van der Waals surface area contributed by atoms with Gasteiger partial charge in [0.25, 0.3) is 0 Å². The van der Waals surface area contributed by atoms with Gasteiger partial charge in [-0.15, -0.1) is 0 Å². The summed E-state index contributed by atoms with van der Waals surface area (Å²) in [5.41, 5.74) is 1.59. The number of nitrogens with zero attached hydrogens (tertiary/aromatic N) is 2. The summed E-state index contributed by atoms with van der Waals surface area (Å²) in [6, 6.07) is 5.62. The minimum absolute atomic E-state index is 0.0346. The van der Waals surface area contributed by atoms with Crippen molar-refractivity contribution in [3.63, 3.8) is 0 Å². The number of carbonyl (C=O) groups is 1. The Morgan fingerprint density at radius 3 is 3.07 bits per heavy atom. The van der Waals surface area contributed by atoms with Gasteiger partial charge >= 0.3 is 5.97 Å². The molecule has 0 fully saturated rings. The first-order chi connectivity index (χ1) is 6.68. The van der Waals surface area contributed by atoms with Gasteiger partial charge in [-0.05, 0) is 18.2 Å². The average molecular weight is 190 g/mol. The molecule has 0 bridgehead atoms. The van der Waals surface area contributed by atoms with Crippen LogP contribution in [0.2, 0.25) is 0 Å².